The third-order valence-corrected chi connectivity index (χ3v) is 2.82. The zero-order valence-electron chi connectivity index (χ0n) is 8.96. The van der Waals surface area contributed by atoms with Crippen molar-refractivity contribution in [3.05, 3.63) is 35.4 Å². The Morgan fingerprint density at radius 1 is 1.21 bits per heavy atom. The first-order valence-corrected chi connectivity index (χ1v) is 5.13. The monoisotopic (exact) mass is 190 g/mol. The Labute approximate surface area is 85.7 Å². The molecule has 0 amide bonds. The second-order valence-electron chi connectivity index (χ2n) is 4.59. The van der Waals surface area contributed by atoms with Crippen LogP contribution >= 0.6 is 0 Å². The van der Waals surface area contributed by atoms with Crippen molar-refractivity contribution in [1.29, 1.82) is 0 Å². The van der Waals surface area contributed by atoms with Gasteiger partial charge in [0.25, 0.3) is 0 Å². The molecular weight excluding hydrogens is 172 g/mol. The summed E-state index contributed by atoms with van der Waals surface area (Å²) in [6.07, 6.45) is 2.28. The van der Waals surface area contributed by atoms with E-state index < -0.39 is 0 Å². The number of benzene rings is 1. The van der Waals surface area contributed by atoms with Crippen molar-refractivity contribution in [2.24, 2.45) is 5.73 Å². The van der Waals surface area contributed by atoms with E-state index >= 15 is 0 Å². The zero-order valence-corrected chi connectivity index (χ0v) is 8.96. The highest BCUT2D eigenvalue weighted by molar-refractivity contribution is 5.32. The molecule has 0 heterocycles. The minimum atomic E-state index is 0.0106. The van der Waals surface area contributed by atoms with Crippen molar-refractivity contribution in [3.8, 4) is 0 Å². The Balaban J connectivity index is 2.10. The molecule has 0 saturated heterocycles. The Morgan fingerprint density at radius 3 is 2.21 bits per heavy atom. The number of hydrogen-bond acceptors (Lipinski definition) is 2. The van der Waals surface area contributed by atoms with E-state index in [9.17, 15) is 0 Å². The molecule has 1 fully saturated rings. The van der Waals surface area contributed by atoms with E-state index in [1.165, 1.54) is 11.1 Å². The molecule has 76 valence electrons. The van der Waals surface area contributed by atoms with Crippen LogP contribution in [0, 0.1) is 0 Å². The normalized spacial score (nSPS) is 18.6. The van der Waals surface area contributed by atoms with E-state index in [-0.39, 0.29) is 5.54 Å². The molecule has 1 saturated carbocycles. The van der Waals surface area contributed by atoms with Gasteiger partial charge in [0, 0.05) is 12.1 Å². The fourth-order valence-electron chi connectivity index (χ4n) is 1.73. The summed E-state index contributed by atoms with van der Waals surface area (Å²) in [5.41, 5.74) is 8.76. The molecule has 1 aromatic rings. The van der Waals surface area contributed by atoms with Crippen molar-refractivity contribution in [2.75, 3.05) is 14.1 Å². The van der Waals surface area contributed by atoms with Crippen LogP contribution in [0.4, 0.5) is 0 Å². The van der Waals surface area contributed by atoms with Crippen LogP contribution in [0.15, 0.2) is 24.3 Å². The number of nitrogens with zero attached hydrogens (tertiary/aromatic N) is 1. The number of nitrogens with two attached hydrogens (primary N) is 1. The van der Waals surface area contributed by atoms with E-state index in [4.69, 9.17) is 5.73 Å². The van der Waals surface area contributed by atoms with Crippen LogP contribution in [0.25, 0.3) is 0 Å². The zero-order chi connectivity index (χ0) is 10.2. The van der Waals surface area contributed by atoms with Crippen molar-refractivity contribution >= 4 is 0 Å². The van der Waals surface area contributed by atoms with E-state index in [1.807, 2.05) is 0 Å². The quantitative estimate of drug-likeness (QED) is 0.786. The summed E-state index contributed by atoms with van der Waals surface area (Å²) in [4.78, 5) is 2.17. The minimum Gasteiger partial charge on any atom is -0.321 e. The van der Waals surface area contributed by atoms with Gasteiger partial charge >= 0.3 is 0 Å². The minimum absolute atomic E-state index is 0.0106. The van der Waals surface area contributed by atoms with Crippen LogP contribution in [0.3, 0.4) is 0 Å². The molecule has 1 aliphatic carbocycles. The van der Waals surface area contributed by atoms with Crippen molar-refractivity contribution in [2.45, 2.75) is 24.9 Å². The van der Waals surface area contributed by atoms with Crippen molar-refractivity contribution < 1.29 is 0 Å². The topological polar surface area (TPSA) is 29.3 Å². The molecule has 2 heteroatoms. The Kier molecular flexibility index (Phi) is 2.33. The maximum Gasteiger partial charge on any atom is 0.0411 e. The Morgan fingerprint density at radius 2 is 1.79 bits per heavy atom. The first-order chi connectivity index (χ1) is 6.60. The largest absolute Gasteiger partial charge is 0.321 e. The van der Waals surface area contributed by atoms with Crippen LogP contribution in [-0.2, 0) is 12.1 Å². The molecule has 2 N–H and O–H groups in total. The van der Waals surface area contributed by atoms with Gasteiger partial charge in [0.05, 0.1) is 0 Å². The Hall–Kier alpha value is -0.860. The first-order valence-electron chi connectivity index (χ1n) is 5.13. The van der Waals surface area contributed by atoms with Crippen LogP contribution in [-0.4, -0.2) is 19.0 Å². The van der Waals surface area contributed by atoms with Crippen molar-refractivity contribution in [1.82, 2.24) is 4.90 Å². The summed E-state index contributed by atoms with van der Waals surface area (Å²) in [7, 11) is 4.17. The van der Waals surface area contributed by atoms with Crippen LogP contribution in [0.2, 0.25) is 0 Å². The lowest BCUT2D eigenvalue weighted by Gasteiger charge is -2.12. The summed E-state index contributed by atoms with van der Waals surface area (Å²) in [5, 5.41) is 0. The lowest BCUT2D eigenvalue weighted by molar-refractivity contribution is 0.402. The van der Waals surface area contributed by atoms with E-state index in [2.05, 4.69) is 43.3 Å². The third-order valence-electron chi connectivity index (χ3n) is 2.82. The molecule has 0 atom stereocenters. The molecule has 1 aromatic carbocycles. The summed E-state index contributed by atoms with van der Waals surface area (Å²) >= 11 is 0. The summed E-state index contributed by atoms with van der Waals surface area (Å²) < 4.78 is 0. The molecule has 0 aliphatic heterocycles. The molecule has 2 rings (SSSR count). The van der Waals surface area contributed by atoms with Crippen LogP contribution < -0.4 is 5.73 Å². The van der Waals surface area contributed by atoms with Gasteiger partial charge in [-0.3, -0.25) is 0 Å². The van der Waals surface area contributed by atoms with E-state index in [0.29, 0.717) is 0 Å². The van der Waals surface area contributed by atoms with Gasteiger partial charge in [-0.15, -0.1) is 0 Å². The maximum absolute atomic E-state index is 6.11. The smallest absolute Gasteiger partial charge is 0.0411 e. The van der Waals surface area contributed by atoms with Gasteiger partial charge in [0.1, 0.15) is 0 Å². The van der Waals surface area contributed by atoms with Gasteiger partial charge in [-0.2, -0.15) is 0 Å². The fraction of sp³-hybridized carbons (Fsp3) is 0.500. The second kappa shape index (κ2) is 3.37. The van der Waals surface area contributed by atoms with Gasteiger partial charge in [-0.25, -0.2) is 0 Å². The molecule has 0 radical (unpaired) electrons. The molecular formula is C12H18N2. The lowest BCUT2D eigenvalue weighted by atomic mass is 10.0. The van der Waals surface area contributed by atoms with E-state index in [1.54, 1.807) is 0 Å². The molecule has 0 unspecified atom stereocenters. The summed E-state index contributed by atoms with van der Waals surface area (Å²) in [5.74, 6) is 0. The predicted molar refractivity (Wildman–Crippen MR) is 58.9 cm³/mol. The first kappa shape index (κ1) is 9.69. The average molecular weight is 190 g/mol. The highest BCUT2D eigenvalue weighted by Crippen LogP contribution is 2.42. The van der Waals surface area contributed by atoms with Crippen LogP contribution in [0.5, 0.6) is 0 Å². The second-order valence-corrected chi connectivity index (χ2v) is 4.59. The molecule has 14 heavy (non-hydrogen) atoms. The Bertz CT molecular complexity index is 310. The van der Waals surface area contributed by atoms with Crippen LogP contribution in [0.1, 0.15) is 24.0 Å². The van der Waals surface area contributed by atoms with Gasteiger partial charge in [-0.05, 0) is 38.1 Å². The predicted octanol–water partition coefficient (Wildman–Crippen LogP) is 1.70. The van der Waals surface area contributed by atoms with Gasteiger partial charge < -0.3 is 10.6 Å². The van der Waals surface area contributed by atoms with E-state index in [0.717, 1.165) is 19.4 Å². The molecule has 1 aliphatic rings. The fourth-order valence-corrected chi connectivity index (χ4v) is 1.73. The van der Waals surface area contributed by atoms with Gasteiger partial charge in [-0.1, -0.05) is 24.3 Å². The average Bonchev–Trinajstić information content (AvgIpc) is 2.85. The summed E-state index contributed by atoms with van der Waals surface area (Å²) in [6.45, 7) is 0.998. The SMILES string of the molecule is CN(C)Cc1ccc(C2(N)CC2)cc1. The maximum atomic E-state index is 6.11. The lowest BCUT2D eigenvalue weighted by Crippen LogP contribution is -2.18. The molecule has 0 bridgehead atoms. The van der Waals surface area contributed by atoms with Crippen molar-refractivity contribution in [3.63, 3.8) is 0 Å². The van der Waals surface area contributed by atoms with Gasteiger partial charge in [0.15, 0.2) is 0 Å². The highest BCUT2D eigenvalue weighted by atomic mass is 15.0. The number of hydrogen-bond donors (Lipinski definition) is 1. The molecule has 2 nitrogen and oxygen atoms in total. The third kappa shape index (κ3) is 1.97. The molecule has 0 spiro atoms. The number of rotatable bonds is 3. The highest BCUT2D eigenvalue weighted by Gasteiger charge is 2.39. The van der Waals surface area contributed by atoms with Gasteiger partial charge in [0.2, 0.25) is 0 Å². The summed E-state index contributed by atoms with van der Waals surface area (Å²) in [6, 6.07) is 8.71. The molecule has 0 aromatic heterocycles. The standard InChI is InChI=1S/C12H18N2/c1-14(2)9-10-3-5-11(6-4-10)12(13)7-8-12/h3-6H,7-9,13H2,1-2H3.